The van der Waals surface area contributed by atoms with Crippen LogP contribution in [0, 0.1) is 5.82 Å². The fourth-order valence-electron chi connectivity index (χ4n) is 3.37. The minimum absolute atomic E-state index is 0. The van der Waals surface area contributed by atoms with Crippen LogP contribution in [0.15, 0.2) is 54.6 Å². The molecule has 1 fully saturated rings. The Hall–Kier alpha value is -1.13. The summed E-state index contributed by atoms with van der Waals surface area (Å²) >= 11 is 0. The van der Waals surface area contributed by atoms with Crippen molar-refractivity contribution in [3.63, 3.8) is 0 Å². The lowest BCUT2D eigenvalue weighted by atomic mass is 10.1. The van der Waals surface area contributed by atoms with E-state index >= 15 is 0 Å². The van der Waals surface area contributed by atoms with E-state index in [1.165, 1.54) is 18.5 Å². The molecular formula is C21H29Cl2FN2. The van der Waals surface area contributed by atoms with Crippen molar-refractivity contribution < 1.29 is 4.39 Å². The van der Waals surface area contributed by atoms with Gasteiger partial charge in [-0.05, 0) is 43.0 Å². The number of hydrogen-bond acceptors (Lipinski definition) is 2. The smallest absolute Gasteiger partial charge is 0.126 e. The molecular weight excluding hydrogens is 370 g/mol. The van der Waals surface area contributed by atoms with Gasteiger partial charge in [-0.25, -0.2) is 4.39 Å². The molecule has 1 heterocycles. The van der Waals surface area contributed by atoms with Crippen LogP contribution in [-0.4, -0.2) is 49.1 Å². The SMILES string of the molecule is Cl.Cl.Fc1ccccc1CCN1CCN(CCCc2ccccc2)CC1. The summed E-state index contributed by atoms with van der Waals surface area (Å²) in [6.45, 7) is 6.59. The molecule has 3 rings (SSSR count). The van der Waals surface area contributed by atoms with Gasteiger partial charge in [0.05, 0.1) is 0 Å². The van der Waals surface area contributed by atoms with Gasteiger partial charge in [0, 0.05) is 32.7 Å². The molecule has 144 valence electrons. The van der Waals surface area contributed by atoms with Crippen molar-refractivity contribution in [2.24, 2.45) is 0 Å². The van der Waals surface area contributed by atoms with Crippen molar-refractivity contribution >= 4 is 24.8 Å². The van der Waals surface area contributed by atoms with Crippen molar-refractivity contribution in [3.8, 4) is 0 Å². The molecule has 5 heteroatoms. The molecule has 0 spiro atoms. The molecule has 0 aromatic heterocycles. The Kier molecular flexibility index (Phi) is 10.8. The quantitative estimate of drug-likeness (QED) is 0.678. The van der Waals surface area contributed by atoms with E-state index in [0.717, 1.165) is 51.1 Å². The molecule has 2 aromatic rings. The minimum atomic E-state index is -0.0722. The van der Waals surface area contributed by atoms with Crippen LogP contribution in [0.4, 0.5) is 4.39 Å². The molecule has 0 saturated carbocycles. The molecule has 1 aliphatic rings. The Bertz CT molecular complexity index is 616. The number of halogens is 3. The molecule has 1 aliphatic heterocycles. The maximum absolute atomic E-state index is 13.7. The second kappa shape index (κ2) is 12.3. The number of nitrogens with zero attached hydrogens (tertiary/aromatic N) is 2. The predicted molar refractivity (Wildman–Crippen MR) is 112 cm³/mol. The monoisotopic (exact) mass is 398 g/mol. The summed E-state index contributed by atoms with van der Waals surface area (Å²) in [6, 6.07) is 17.9. The lowest BCUT2D eigenvalue weighted by molar-refractivity contribution is 0.132. The van der Waals surface area contributed by atoms with Gasteiger partial charge in [0.1, 0.15) is 5.82 Å². The average molecular weight is 399 g/mol. The van der Waals surface area contributed by atoms with Crippen LogP contribution in [0.5, 0.6) is 0 Å². The van der Waals surface area contributed by atoms with Gasteiger partial charge in [-0.15, -0.1) is 24.8 Å². The van der Waals surface area contributed by atoms with Crippen LogP contribution in [0.2, 0.25) is 0 Å². The molecule has 1 saturated heterocycles. The van der Waals surface area contributed by atoms with Crippen molar-refractivity contribution in [2.45, 2.75) is 19.3 Å². The summed E-state index contributed by atoms with van der Waals surface area (Å²) in [6.07, 6.45) is 3.19. The number of rotatable bonds is 7. The second-order valence-corrected chi connectivity index (χ2v) is 6.61. The average Bonchev–Trinajstić information content (AvgIpc) is 2.63. The van der Waals surface area contributed by atoms with Gasteiger partial charge in [0.2, 0.25) is 0 Å². The third kappa shape index (κ3) is 7.24. The molecule has 0 radical (unpaired) electrons. The van der Waals surface area contributed by atoms with E-state index in [1.807, 2.05) is 12.1 Å². The summed E-state index contributed by atoms with van der Waals surface area (Å²) in [4.78, 5) is 5.02. The molecule has 0 amide bonds. The number of aryl methyl sites for hydroxylation is 1. The minimum Gasteiger partial charge on any atom is -0.301 e. The standard InChI is InChI=1S/C21H27FN2.2ClH/c22-21-11-5-4-10-20(21)12-14-24-17-15-23(16-18-24)13-6-9-19-7-2-1-3-8-19;;/h1-5,7-8,10-11H,6,9,12-18H2;2*1H. The zero-order valence-corrected chi connectivity index (χ0v) is 16.8. The van der Waals surface area contributed by atoms with E-state index in [9.17, 15) is 4.39 Å². The van der Waals surface area contributed by atoms with Crippen molar-refractivity contribution in [1.82, 2.24) is 9.80 Å². The summed E-state index contributed by atoms with van der Waals surface area (Å²) in [5.41, 5.74) is 2.27. The summed E-state index contributed by atoms with van der Waals surface area (Å²) in [7, 11) is 0. The lowest BCUT2D eigenvalue weighted by Gasteiger charge is -2.34. The van der Waals surface area contributed by atoms with Crippen LogP contribution < -0.4 is 0 Å². The number of hydrogen-bond donors (Lipinski definition) is 0. The van der Waals surface area contributed by atoms with Gasteiger partial charge in [-0.3, -0.25) is 0 Å². The Labute approximate surface area is 169 Å². The summed E-state index contributed by atoms with van der Waals surface area (Å²) in [5, 5.41) is 0. The van der Waals surface area contributed by atoms with Crippen LogP contribution >= 0.6 is 24.8 Å². The highest BCUT2D eigenvalue weighted by Crippen LogP contribution is 2.10. The number of benzene rings is 2. The van der Waals surface area contributed by atoms with Crippen LogP contribution in [-0.2, 0) is 12.8 Å². The van der Waals surface area contributed by atoms with E-state index in [-0.39, 0.29) is 30.6 Å². The van der Waals surface area contributed by atoms with E-state index in [1.54, 1.807) is 12.1 Å². The first-order chi connectivity index (χ1) is 11.8. The Morgan fingerprint density at radius 2 is 1.27 bits per heavy atom. The van der Waals surface area contributed by atoms with Crippen molar-refractivity contribution in [2.75, 3.05) is 39.3 Å². The largest absolute Gasteiger partial charge is 0.301 e. The van der Waals surface area contributed by atoms with Gasteiger partial charge in [-0.2, -0.15) is 0 Å². The Morgan fingerprint density at radius 1 is 0.692 bits per heavy atom. The highest BCUT2D eigenvalue weighted by molar-refractivity contribution is 5.85. The Morgan fingerprint density at radius 3 is 1.92 bits per heavy atom. The molecule has 2 nitrogen and oxygen atoms in total. The Balaban J connectivity index is 0.00000169. The highest BCUT2D eigenvalue weighted by Gasteiger charge is 2.16. The van der Waals surface area contributed by atoms with Crippen LogP contribution in [0.3, 0.4) is 0 Å². The fraction of sp³-hybridized carbons (Fsp3) is 0.429. The first-order valence-corrected chi connectivity index (χ1v) is 9.03. The molecule has 0 atom stereocenters. The van der Waals surface area contributed by atoms with Gasteiger partial charge in [-0.1, -0.05) is 48.5 Å². The summed E-state index contributed by atoms with van der Waals surface area (Å²) in [5.74, 6) is -0.0722. The molecule has 0 bridgehead atoms. The first-order valence-electron chi connectivity index (χ1n) is 9.03. The lowest BCUT2D eigenvalue weighted by Crippen LogP contribution is -2.47. The zero-order valence-electron chi connectivity index (χ0n) is 15.1. The van der Waals surface area contributed by atoms with Gasteiger partial charge in [0.15, 0.2) is 0 Å². The maximum atomic E-state index is 13.7. The van der Waals surface area contributed by atoms with E-state index in [4.69, 9.17) is 0 Å². The molecule has 0 aliphatic carbocycles. The van der Waals surface area contributed by atoms with Gasteiger partial charge in [0.25, 0.3) is 0 Å². The number of piperazine rings is 1. The third-order valence-corrected chi connectivity index (χ3v) is 4.90. The van der Waals surface area contributed by atoms with Crippen molar-refractivity contribution in [3.05, 3.63) is 71.5 Å². The molecule has 0 N–H and O–H groups in total. The van der Waals surface area contributed by atoms with Gasteiger partial charge < -0.3 is 9.80 Å². The van der Waals surface area contributed by atoms with Crippen LogP contribution in [0.1, 0.15) is 17.5 Å². The van der Waals surface area contributed by atoms with Gasteiger partial charge >= 0.3 is 0 Å². The second-order valence-electron chi connectivity index (χ2n) is 6.61. The fourth-order valence-corrected chi connectivity index (χ4v) is 3.37. The van der Waals surface area contributed by atoms with E-state index in [0.29, 0.717) is 0 Å². The molecule has 0 unspecified atom stereocenters. The van der Waals surface area contributed by atoms with Crippen molar-refractivity contribution in [1.29, 1.82) is 0 Å². The third-order valence-electron chi connectivity index (χ3n) is 4.90. The van der Waals surface area contributed by atoms with Crippen LogP contribution in [0.25, 0.3) is 0 Å². The first kappa shape index (κ1) is 22.9. The normalized spacial score (nSPS) is 15.1. The summed E-state index contributed by atoms with van der Waals surface area (Å²) < 4.78 is 13.7. The maximum Gasteiger partial charge on any atom is 0.126 e. The molecule has 26 heavy (non-hydrogen) atoms. The highest BCUT2D eigenvalue weighted by atomic mass is 35.5. The van der Waals surface area contributed by atoms with E-state index < -0.39 is 0 Å². The predicted octanol–water partition coefficient (Wildman–Crippen LogP) is 4.46. The topological polar surface area (TPSA) is 6.48 Å². The molecule has 2 aromatic carbocycles. The van der Waals surface area contributed by atoms with E-state index in [2.05, 4.69) is 40.1 Å². The zero-order chi connectivity index (χ0) is 16.6.